The van der Waals surface area contributed by atoms with Crippen molar-refractivity contribution >= 4 is 11.3 Å². The number of aromatic nitrogens is 3. The fraction of sp³-hybridized carbons (Fsp3) is 0.571. The van der Waals surface area contributed by atoms with Gasteiger partial charge in [0.15, 0.2) is 0 Å². The van der Waals surface area contributed by atoms with Gasteiger partial charge in [0, 0.05) is 29.3 Å². The normalized spacial score (nSPS) is 12.8. The molecule has 1 N–H and O–H groups in total. The number of hydrogen-bond donors (Lipinski definition) is 1. The molecular formula is C14H22N4OS. The van der Waals surface area contributed by atoms with Crippen molar-refractivity contribution in [3.05, 3.63) is 28.5 Å². The Morgan fingerprint density at radius 3 is 2.85 bits per heavy atom. The minimum absolute atomic E-state index is 0.235. The lowest BCUT2D eigenvalue weighted by Crippen LogP contribution is -2.21. The predicted molar refractivity (Wildman–Crippen MR) is 81.2 cm³/mol. The largest absolute Gasteiger partial charge is 0.496 e. The van der Waals surface area contributed by atoms with Gasteiger partial charge in [-0.25, -0.2) is 9.67 Å². The number of nitrogens with one attached hydrogen (secondary N) is 1. The third kappa shape index (κ3) is 3.58. The highest BCUT2D eigenvalue weighted by Gasteiger charge is 2.17. The molecule has 2 aromatic rings. The first kappa shape index (κ1) is 15.0. The first-order valence-corrected chi connectivity index (χ1v) is 7.68. The molecule has 2 aromatic heterocycles. The molecule has 0 fully saturated rings. The molecule has 5 nitrogen and oxygen atoms in total. The van der Waals surface area contributed by atoms with Crippen LogP contribution in [0.25, 0.3) is 0 Å². The van der Waals surface area contributed by atoms with Crippen LogP contribution in [0, 0.1) is 5.92 Å². The highest BCUT2D eigenvalue weighted by Crippen LogP contribution is 2.28. The Labute approximate surface area is 124 Å². The van der Waals surface area contributed by atoms with Crippen LogP contribution in [-0.2, 0) is 13.0 Å². The van der Waals surface area contributed by atoms with Gasteiger partial charge in [-0.05, 0) is 19.0 Å². The number of likely N-dealkylation sites (N-methyl/N-ethyl adjacent to an activating group) is 1. The zero-order valence-corrected chi connectivity index (χ0v) is 13.3. The molecule has 20 heavy (non-hydrogen) atoms. The summed E-state index contributed by atoms with van der Waals surface area (Å²) < 4.78 is 7.25. The molecule has 0 bridgehead atoms. The summed E-state index contributed by atoms with van der Waals surface area (Å²) in [6, 6.07) is 2.31. The minimum atomic E-state index is 0.235. The van der Waals surface area contributed by atoms with E-state index < -0.39 is 0 Å². The molecule has 1 atom stereocenters. The monoisotopic (exact) mass is 294 g/mol. The highest BCUT2D eigenvalue weighted by atomic mass is 32.1. The van der Waals surface area contributed by atoms with Crippen molar-refractivity contribution in [2.45, 2.75) is 32.9 Å². The van der Waals surface area contributed by atoms with E-state index in [2.05, 4.69) is 35.3 Å². The third-order valence-electron chi connectivity index (χ3n) is 3.14. The second-order valence-electron chi connectivity index (χ2n) is 5.19. The Morgan fingerprint density at radius 2 is 2.25 bits per heavy atom. The number of thiophene rings is 1. The molecule has 110 valence electrons. The summed E-state index contributed by atoms with van der Waals surface area (Å²) in [6.45, 7) is 5.27. The minimum Gasteiger partial charge on any atom is -0.496 e. The summed E-state index contributed by atoms with van der Waals surface area (Å²) >= 11 is 1.70. The second-order valence-corrected chi connectivity index (χ2v) is 6.13. The van der Waals surface area contributed by atoms with Crippen LogP contribution in [0.3, 0.4) is 0 Å². The fourth-order valence-corrected chi connectivity index (χ4v) is 3.06. The van der Waals surface area contributed by atoms with Crippen molar-refractivity contribution in [2.75, 3.05) is 14.2 Å². The van der Waals surface area contributed by atoms with Crippen LogP contribution in [0.4, 0.5) is 0 Å². The first-order chi connectivity index (χ1) is 9.63. The van der Waals surface area contributed by atoms with E-state index in [4.69, 9.17) is 4.74 Å². The van der Waals surface area contributed by atoms with Crippen LogP contribution in [0.15, 0.2) is 17.8 Å². The second kappa shape index (κ2) is 6.85. The van der Waals surface area contributed by atoms with Crippen LogP contribution >= 0.6 is 11.3 Å². The zero-order valence-electron chi connectivity index (χ0n) is 12.5. The number of nitrogens with zero attached hydrogens (tertiary/aromatic N) is 3. The van der Waals surface area contributed by atoms with E-state index in [0.29, 0.717) is 5.92 Å². The van der Waals surface area contributed by atoms with Crippen LogP contribution in [0.1, 0.15) is 30.6 Å². The number of hydrogen-bond acceptors (Lipinski definition) is 5. The molecule has 0 saturated carbocycles. The van der Waals surface area contributed by atoms with E-state index in [1.807, 2.05) is 17.1 Å². The molecule has 0 aromatic carbocycles. The molecular weight excluding hydrogens is 272 g/mol. The summed E-state index contributed by atoms with van der Waals surface area (Å²) in [5.41, 5.74) is 0. The summed E-state index contributed by atoms with van der Waals surface area (Å²) in [5, 5.41) is 9.69. The average Bonchev–Trinajstić information content (AvgIpc) is 3.04. The summed E-state index contributed by atoms with van der Waals surface area (Å²) in [5.74, 6) is 2.49. The average molecular weight is 294 g/mol. The molecule has 0 saturated heterocycles. The molecule has 1 unspecified atom stereocenters. The van der Waals surface area contributed by atoms with Crippen LogP contribution in [0.5, 0.6) is 5.75 Å². The molecule has 2 rings (SSSR count). The summed E-state index contributed by atoms with van der Waals surface area (Å²) in [7, 11) is 3.67. The van der Waals surface area contributed by atoms with Gasteiger partial charge in [-0.15, -0.1) is 11.3 Å². The van der Waals surface area contributed by atoms with Crippen molar-refractivity contribution in [2.24, 2.45) is 5.92 Å². The molecule has 0 aliphatic heterocycles. The van der Waals surface area contributed by atoms with E-state index in [9.17, 15) is 0 Å². The van der Waals surface area contributed by atoms with Crippen molar-refractivity contribution in [1.82, 2.24) is 20.1 Å². The van der Waals surface area contributed by atoms with Gasteiger partial charge in [0.2, 0.25) is 0 Å². The van der Waals surface area contributed by atoms with Gasteiger partial charge in [0.1, 0.15) is 17.9 Å². The van der Waals surface area contributed by atoms with Gasteiger partial charge in [-0.1, -0.05) is 13.8 Å². The lowest BCUT2D eigenvalue weighted by Gasteiger charge is -2.15. The SMILES string of the molecule is CNC(Cc1ncnn1CC(C)C)c1cc(OC)cs1. The molecule has 2 heterocycles. The Bertz CT molecular complexity index is 535. The van der Waals surface area contributed by atoms with Crippen molar-refractivity contribution in [1.29, 1.82) is 0 Å². The van der Waals surface area contributed by atoms with Crippen LogP contribution in [0.2, 0.25) is 0 Å². The van der Waals surface area contributed by atoms with Gasteiger partial charge < -0.3 is 10.1 Å². The molecule has 0 spiro atoms. The lowest BCUT2D eigenvalue weighted by molar-refractivity contribution is 0.415. The van der Waals surface area contributed by atoms with Gasteiger partial charge in [0.25, 0.3) is 0 Å². The van der Waals surface area contributed by atoms with E-state index in [1.165, 1.54) is 4.88 Å². The Hall–Kier alpha value is -1.40. The highest BCUT2D eigenvalue weighted by molar-refractivity contribution is 7.10. The maximum Gasteiger partial charge on any atom is 0.138 e. The Kier molecular flexibility index (Phi) is 5.14. The fourth-order valence-electron chi connectivity index (χ4n) is 2.10. The summed E-state index contributed by atoms with van der Waals surface area (Å²) in [4.78, 5) is 5.65. The molecule has 0 amide bonds. The van der Waals surface area contributed by atoms with E-state index in [-0.39, 0.29) is 6.04 Å². The van der Waals surface area contributed by atoms with Crippen molar-refractivity contribution < 1.29 is 4.74 Å². The third-order valence-corrected chi connectivity index (χ3v) is 4.17. The predicted octanol–water partition coefficient (Wildman–Crippen LogP) is 2.51. The van der Waals surface area contributed by atoms with Gasteiger partial charge in [-0.3, -0.25) is 0 Å². The Morgan fingerprint density at radius 1 is 1.45 bits per heavy atom. The number of rotatable bonds is 7. The van der Waals surface area contributed by atoms with Crippen molar-refractivity contribution in [3.63, 3.8) is 0 Å². The van der Waals surface area contributed by atoms with Gasteiger partial charge >= 0.3 is 0 Å². The maximum absolute atomic E-state index is 5.25. The number of ether oxygens (including phenoxy) is 1. The van der Waals surface area contributed by atoms with E-state index in [0.717, 1.165) is 24.5 Å². The molecule has 6 heteroatoms. The zero-order chi connectivity index (χ0) is 14.5. The van der Waals surface area contributed by atoms with E-state index >= 15 is 0 Å². The topological polar surface area (TPSA) is 52.0 Å². The molecule has 0 aliphatic carbocycles. The molecule has 0 aliphatic rings. The van der Waals surface area contributed by atoms with Crippen LogP contribution < -0.4 is 10.1 Å². The lowest BCUT2D eigenvalue weighted by atomic mass is 10.1. The van der Waals surface area contributed by atoms with E-state index in [1.54, 1.807) is 24.8 Å². The smallest absolute Gasteiger partial charge is 0.138 e. The number of methoxy groups -OCH3 is 1. The summed E-state index contributed by atoms with van der Waals surface area (Å²) in [6.07, 6.45) is 2.46. The maximum atomic E-state index is 5.25. The standard InChI is InChI=1S/C14H22N4OS/c1-10(2)7-18-14(16-9-17-18)6-12(15-3)13-5-11(19-4)8-20-13/h5,8-10,12,15H,6-7H2,1-4H3. The van der Waals surface area contributed by atoms with Crippen molar-refractivity contribution in [3.8, 4) is 5.75 Å². The quantitative estimate of drug-likeness (QED) is 0.852. The van der Waals surface area contributed by atoms with Crippen LogP contribution in [-0.4, -0.2) is 28.9 Å². The molecule has 0 radical (unpaired) electrons. The van der Waals surface area contributed by atoms with Gasteiger partial charge in [-0.2, -0.15) is 5.10 Å². The Balaban J connectivity index is 2.12. The van der Waals surface area contributed by atoms with Gasteiger partial charge in [0.05, 0.1) is 7.11 Å². The first-order valence-electron chi connectivity index (χ1n) is 6.80.